The maximum Gasteiger partial charge on any atom is 0.127 e. The van der Waals surface area contributed by atoms with Crippen molar-refractivity contribution < 1.29 is 0 Å². The zero-order valence-corrected chi connectivity index (χ0v) is 13.6. The molecule has 20 heavy (non-hydrogen) atoms. The normalized spacial score (nSPS) is 12.9. The van der Waals surface area contributed by atoms with E-state index >= 15 is 0 Å². The number of hydrogen-bond acceptors (Lipinski definition) is 4. The third kappa shape index (κ3) is 3.76. The molecule has 0 aliphatic heterocycles. The van der Waals surface area contributed by atoms with E-state index in [1.54, 1.807) is 17.7 Å². The van der Waals surface area contributed by atoms with Crippen molar-refractivity contribution in [3.8, 4) is 0 Å². The minimum atomic E-state index is 0.531. The van der Waals surface area contributed by atoms with Crippen molar-refractivity contribution >= 4 is 21.6 Å². The summed E-state index contributed by atoms with van der Waals surface area (Å²) < 4.78 is 0. The van der Waals surface area contributed by atoms with E-state index in [0.717, 1.165) is 24.2 Å². The third-order valence-corrected chi connectivity index (χ3v) is 4.76. The number of thiophene rings is 1. The van der Waals surface area contributed by atoms with E-state index in [0.29, 0.717) is 6.04 Å². The van der Waals surface area contributed by atoms with Crippen LogP contribution in [0.15, 0.2) is 12.4 Å². The highest BCUT2D eigenvalue weighted by atomic mass is 32.1. The summed E-state index contributed by atoms with van der Waals surface area (Å²) in [5.74, 6) is 0. The van der Waals surface area contributed by atoms with Gasteiger partial charge in [-0.3, -0.25) is 0 Å². The monoisotopic (exact) mass is 291 g/mol. The molecular weight excluding hydrogens is 266 g/mol. The number of aryl methyl sites for hydroxylation is 1. The lowest BCUT2D eigenvalue weighted by molar-refractivity contribution is 0.470. The number of nitrogens with zero attached hydrogens (tertiary/aromatic N) is 2. The number of aromatic nitrogens is 2. The van der Waals surface area contributed by atoms with Gasteiger partial charge in [0.1, 0.15) is 11.2 Å². The van der Waals surface area contributed by atoms with E-state index in [1.165, 1.54) is 35.2 Å². The first-order chi connectivity index (χ1) is 9.78. The van der Waals surface area contributed by atoms with Gasteiger partial charge in [-0.15, -0.1) is 11.3 Å². The Morgan fingerprint density at radius 3 is 2.75 bits per heavy atom. The zero-order chi connectivity index (χ0) is 14.4. The standard InChI is InChI=1S/C16H25N3S/c1-4-7-12(17-8-5-2)9-15-14-10-13(6-3)20-16(14)19-11-18-15/h10-12,17H,4-9H2,1-3H3. The molecule has 3 nitrogen and oxygen atoms in total. The second-order valence-electron chi connectivity index (χ2n) is 5.25. The second-order valence-corrected chi connectivity index (χ2v) is 6.36. The summed E-state index contributed by atoms with van der Waals surface area (Å²) in [7, 11) is 0. The summed E-state index contributed by atoms with van der Waals surface area (Å²) in [6.07, 6.45) is 7.39. The van der Waals surface area contributed by atoms with Crippen LogP contribution >= 0.6 is 11.3 Å². The van der Waals surface area contributed by atoms with Crippen LogP contribution in [0.1, 0.15) is 50.6 Å². The van der Waals surface area contributed by atoms with Crippen LogP contribution in [0.25, 0.3) is 10.2 Å². The summed E-state index contributed by atoms with van der Waals surface area (Å²) in [6.45, 7) is 7.74. The summed E-state index contributed by atoms with van der Waals surface area (Å²) >= 11 is 1.80. The lowest BCUT2D eigenvalue weighted by Crippen LogP contribution is -2.32. The molecule has 2 aromatic heterocycles. The van der Waals surface area contributed by atoms with Crippen molar-refractivity contribution in [1.29, 1.82) is 0 Å². The summed E-state index contributed by atoms with van der Waals surface area (Å²) in [4.78, 5) is 11.5. The van der Waals surface area contributed by atoms with Crippen LogP contribution in [-0.2, 0) is 12.8 Å². The van der Waals surface area contributed by atoms with Gasteiger partial charge in [0.25, 0.3) is 0 Å². The molecule has 0 bridgehead atoms. The molecule has 110 valence electrons. The Kier molecular flexibility index (Phi) is 5.92. The Morgan fingerprint density at radius 2 is 2.05 bits per heavy atom. The van der Waals surface area contributed by atoms with Crippen LogP contribution in [0.5, 0.6) is 0 Å². The van der Waals surface area contributed by atoms with Gasteiger partial charge in [-0.2, -0.15) is 0 Å². The largest absolute Gasteiger partial charge is 0.314 e. The maximum atomic E-state index is 4.54. The van der Waals surface area contributed by atoms with E-state index in [2.05, 4.69) is 42.1 Å². The fourth-order valence-electron chi connectivity index (χ4n) is 2.50. The van der Waals surface area contributed by atoms with Gasteiger partial charge in [-0.25, -0.2) is 9.97 Å². The molecule has 0 aromatic carbocycles. The van der Waals surface area contributed by atoms with Gasteiger partial charge in [-0.1, -0.05) is 27.2 Å². The lowest BCUT2D eigenvalue weighted by Gasteiger charge is -2.17. The number of hydrogen-bond donors (Lipinski definition) is 1. The molecule has 4 heteroatoms. The number of nitrogens with one attached hydrogen (secondary N) is 1. The number of rotatable bonds is 8. The van der Waals surface area contributed by atoms with E-state index in [1.807, 2.05) is 0 Å². The predicted molar refractivity (Wildman–Crippen MR) is 87.5 cm³/mol. The molecule has 0 amide bonds. The summed E-state index contributed by atoms with van der Waals surface area (Å²) in [5, 5.41) is 4.91. The Hall–Kier alpha value is -1.00. The van der Waals surface area contributed by atoms with Crippen LogP contribution in [0, 0.1) is 0 Å². The maximum absolute atomic E-state index is 4.54. The van der Waals surface area contributed by atoms with Crippen LogP contribution in [-0.4, -0.2) is 22.6 Å². The highest BCUT2D eigenvalue weighted by molar-refractivity contribution is 7.18. The van der Waals surface area contributed by atoms with Crippen molar-refractivity contribution in [1.82, 2.24) is 15.3 Å². The fourth-order valence-corrected chi connectivity index (χ4v) is 3.45. The van der Waals surface area contributed by atoms with Crippen molar-refractivity contribution in [3.63, 3.8) is 0 Å². The van der Waals surface area contributed by atoms with Crippen molar-refractivity contribution in [2.75, 3.05) is 6.54 Å². The molecule has 0 spiro atoms. The summed E-state index contributed by atoms with van der Waals surface area (Å²) in [6, 6.07) is 2.81. The van der Waals surface area contributed by atoms with Gasteiger partial charge in [0, 0.05) is 22.7 Å². The topological polar surface area (TPSA) is 37.8 Å². The van der Waals surface area contributed by atoms with Gasteiger partial charge < -0.3 is 5.32 Å². The molecule has 1 atom stereocenters. The molecule has 0 radical (unpaired) electrons. The van der Waals surface area contributed by atoms with E-state index < -0.39 is 0 Å². The second kappa shape index (κ2) is 7.70. The minimum Gasteiger partial charge on any atom is -0.314 e. The Bertz CT molecular complexity index is 536. The van der Waals surface area contributed by atoms with Crippen LogP contribution in [0.2, 0.25) is 0 Å². The molecule has 0 aliphatic rings. The van der Waals surface area contributed by atoms with Crippen molar-refractivity contribution in [3.05, 3.63) is 23.0 Å². The SMILES string of the molecule is CCCNC(CCC)Cc1ncnc2sc(CC)cc12. The molecule has 2 aromatic rings. The van der Waals surface area contributed by atoms with Gasteiger partial charge in [-0.05, 0) is 31.9 Å². The average Bonchev–Trinajstić information content (AvgIpc) is 2.89. The molecular formula is C16H25N3S. The highest BCUT2D eigenvalue weighted by Gasteiger charge is 2.13. The first-order valence-electron chi connectivity index (χ1n) is 7.74. The van der Waals surface area contributed by atoms with Crippen molar-refractivity contribution in [2.45, 2.75) is 58.9 Å². The Labute approximate surface area is 125 Å². The fraction of sp³-hybridized carbons (Fsp3) is 0.625. The van der Waals surface area contributed by atoms with E-state index in [-0.39, 0.29) is 0 Å². The predicted octanol–water partition coefficient (Wildman–Crippen LogP) is 3.96. The summed E-state index contributed by atoms with van der Waals surface area (Å²) in [5.41, 5.74) is 1.20. The van der Waals surface area contributed by atoms with Gasteiger partial charge in [0.05, 0.1) is 5.69 Å². The molecule has 2 heterocycles. The molecule has 0 saturated heterocycles. The zero-order valence-electron chi connectivity index (χ0n) is 12.8. The van der Waals surface area contributed by atoms with E-state index in [4.69, 9.17) is 0 Å². The first-order valence-corrected chi connectivity index (χ1v) is 8.55. The smallest absolute Gasteiger partial charge is 0.127 e. The van der Waals surface area contributed by atoms with Crippen LogP contribution in [0.3, 0.4) is 0 Å². The molecule has 1 N–H and O–H groups in total. The lowest BCUT2D eigenvalue weighted by atomic mass is 10.0. The van der Waals surface area contributed by atoms with Gasteiger partial charge in [0.15, 0.2) is 0 Å². The molecule has 1 unspecified atom stereocenters. The Balaban J connectivity index is 2.19. The molecule has 0 aliphatic carbocycles. The minimum absolute atomic E-state index is 0.531. The Morgan fingerprint density at radius 1 is 1.20 bits per heavy atom. The van der Waals surface area contributed by atoms with Crippen LogP contribution in [0.4, 0.5) is 0 Å². The number of fused-ring (bicyclic) bond motifs is 1. The quantitative estimate of drug-likeness (QED) is 0.800. The average molecular weight is 291 g/mol. The molecule has 0 fully saturated rings. The van der Waals surface area contributed by atoms with Gasteiger partial charge >= 0.3 is 0 Å². The highest BCUT2D eigenvalue weighted by Crippen LogP contribution is 2.26. The molecule has 0 saturated carbocycles. The van der Waals surface area contributed by atoms with E-state index in [9.17, 15) is 0 Å². The van der Waals surface area contributed by atoms with Crippen molar-refractivity contribution in [2.24, 2.45) is 0 Å². The first kappa shape index (κ1) is 15.4. The molecule has 2 rings (SSSR count). The van der Waals surface area contributed by atoms with Crippen LogP contribution < -0.4 is 5.32 Å². The van der Waals surface area contributed by atoms with Gasteiger partial charge in [0.2, 0.25) is 0 Å². The third-order valence-electron chi connectivity index (χ3n) is 3.57.